The van der Waals surface area contributed by atoms with Gasteiger partial charge < -0.3 is 10.6 Å². The lowest BCUT2D eigenvalue weighted by atomic mass is 9.81. The van der Waals surface area contributed by atoms with Crippen molar-refractivity contribution in [3.05, 3.63) is 18.6 Å². The summed E-state index contributed by atoms with van der Waals surface area (Å²) in [6, 6.07) is 1.44. The molecule has 1 aromatic rings. The monoisotopic (exact) mass is 249 g/mol. The lowest BCUT2D eigenvalue weighted by molar-refractivity contribution is 0.213. The molecule has 3 N–H and O–H groups in total. The second-order valence-corrected chi connectivity index (χ2v) is 4.96. The molecule has 1 aromatic heterocycles. The minimum atomic E-state index is -0.214. The van der Waals surface area contributed by atoms with Crippen molar-refractivity contribution in [3.63, 3.8) is 0 Å². The number of anilines is 1. The fourth-order valence-electron chi connectivity index (χ4n) is 2.03. The molecule has 0 aliphatic carbocycles. The number of carbonyl (C=O) groups is 1. The van der Waals surface area contributed by atoms with Crippen molar-refractivity contribution in [1.29, 1.82) is 0 Å². The van der Waals surface area contributed by atoms with Crippen LogP contribution in [0.4, 0.5) is 10.6 Å². The molecule has 6 heteroatoms. The maximum Gasteiger partial charge on any atom is 0.320 e. The molecule has 1 fully saturated rings. The molecular weight excluding hydrogens is 230 g/mol. The van der Waals surface area contributed by atoms with Crippen LogP contribution in [-0.4, -0.2) is 35.6 Å². The third-order valence-corrected chi connectivity index (χ3v) is 3.31. The zero-order valence-corrected chi connectivity index (χ0v) is 10.6. The largest absolute Gasteiger partial charge is 0.337 e. The summed E-state index contributed by atoms with van der Waals surface area (Å²) in [6.45, 7) is 4.93. The van der Waals surface area contributed by atoms with Crippen LogP contribution >= 0.6 is 0 Å². The summed E-state index contributed by atoms with van der Waals surface area (Å²) in [5.74, 6) is 0.512. The van der Waals surface area contributed by atoms with Crippen molar-refractivity contribution in [2.45, 2.75) is 19.8 Å². The summed E-state index contributed by atoms with van der Waals surface area (Å²) in [5, 5.41) is 8.91. The minimum absolute atomic E-state index is 0.189. The number of urea groups is 1. The standard InChI is InChI=1S/C12H19N5O/c1-12(3-6-13-7-4-12)8-15-11(18)17-10-2-5-14-9-16-10/h2,5,9,13H,3-4,6-8H2,1H3,(H2,14,15,16,17,18). The number of nitrogens with one attached hydrogen (secondary N) is 3. The van der Waals surface area contributed by atoms with Gasteiger partial charge in [-0.25, -0.2) is 14.8 Å². The molecule has 1 saturated heterocycles. The van der Waals surface area contributed by atoms with Gasteiger partial charge in [0, 0.05) is 12.7 Å². The van der Waals surface area contributed by atoms with Crippen LogP contribution in [0, 0.1) is 5.41 Å². The number of nitrogens with zero attached hydrogens (tertiary/aromatic N) is 2. The minimum Gasteiger partial charge on any atom is -0.337 e. The summed E-state index contributed by atoms with van der Waals surface area (Å²) in [4.78, 5) is 19.4. The molecule has 0 atom stereocenters. The average Bonchev–Trinajstić information content (AvgIpc) is 2.39. The quantitative estimate of drug-likeness (QED) is 0.746. The van der Waals surface area contributed by atoms with Gasteiger partial charge in [0.25, 0.3) is 0 Å². The molecule has 1 aliphatic rings. The topological polar surface area (TPSA) is 78.9 Å². The Kier molecular flexibility index (Phi) is 4.09. The Morgan fingerprint density at radius 3 is 2.94 bits per heavy atom. The maximum atomic E-state index is 11.7. The molecule has 0 unspecified atom stereocenters. The highest BCUT2D eigenvalue weighted by atomic mass is 16.2. The fraction of sp³-hybridized carbons (Fsp3) is 0.583. The molecule has 2 rings (SSSR count). The van der Waals surface area contributed by atoms with E-state index in [0.29, 0.717) is 12.4 Å². The number of hydrogen-bond donors (Lipinski definition) is 3. The van der Waals surface area contributed by atoms with Gasteiger partial charge in [-0.1, -0.05) is 6.92 Å². The molecule has 0 aromatic carbocycles. The molecule has 0 bridgehead atoms. The molecule has 0 spiro atoms. The van der Waals surface area contributed by atoms with E-state index in [4.69, 9.17) is 0 Å². The Balaban J connectivity index is 1.78. The number of amides is 2. The molecule has 2 heterocycles. The van der Waals surface area contributed by atoms with E-state index in [2.05, 4.69) is 32.8 Å². The average molecular weight is 249 g/mol. The third-order valence-electron chi connectivity index (χ3n) is 3.31. The summed E-state index contributed by atoms with van der Waals surface area (Å²) < 4.78 is 0. The molecule has 6 nitrogen and oxygen atoms in total. The van der Waals surface area contributed by atoms with Gasteiger partial charge in [0.05, 0.1) is 0 Å². The summed E-state index contributed by atoms with van der Waals surface area (Å²) in [7, 11) is 0. The van der Waals surface area contributed by atoms with E-state index in [1.54, 1.807) is 12.3 Å². The van der Waals surface area contributed by atoms with Crippen molar-refractivity contribution in [3.8, 4) is 0 Å². The number of carbonyl (C=O) groups excluding carboxylic acids is 1. The zero-order valence-electron chi connectivity index (χ0n) is 10.6. The second-order valence-electron chi connectivity index (χ2n) is 4.96. The van der Waals surface area contributed by atoms with Crippen LogP contribution in [0.5, 0.6) is 0 Å². The Bertz CT molecular complexity index is 389. The Hall–Kier alpha value is -1.69. The Morgan fingerprint density at radius 1 is 1.50 bits per heavy atom. The van der Waals surface area contributed by atoms with Crippen LogP contribution < -0.4 is 16.0 Å². The normalized spacial score (nSPS) is 18.1. The summed E-state index contributed by atoms with van der Waals surface area (Å²) in [5.41, 5.74) is 0.189. The fourth-order valence-corrected chi connectivity index (χ4v) is 2.03. The summed E-state index contributed by atoms with van der Waals surface area (Å²) >= 11 is 0. The number of piperidine rings is 1. The Morgan fingerprint density at radius 2 is 2.28 bits per heavy atom. The maximum absolute atomic E-state index is 11.7. The molecule has 98 valence electrons. The SMILES string of the molecule is CC1(CNC(=O)Nc2ccncn2)CCNCC1. The predicted molar refractivity (Wildman–Crippen MR) is 69.3 cm³/mol. The molecule has 18 heavy (non-hydrogen) atoms. The molecule has 1 aliphatic heterocycles. The molecule has 2 amide bonds. The number of hydrogen-bond acceptors (Lipinski definition) is 4. The van der Waals surface area contributed by atoms with Crippen LogP contribution in [0.1, 0.15) is 19.8 Å². The molecule has 0 radical (unpaired) electrons. The van der Waals surface area contributed by atoms with Crippen molar-refractivity contribution in [1.82, 2.24) is 20.6 Å². The molecule has 0 saturated carbocycles. The first-order chi connectivity index (χ1) is 8.68. The van der Waals surface area contributed by atoms with Crippen LogP contribution in [0.3, 0.4) is 0 Å². The van der Waals surface area contributed by atoms with Gasteiger partial charge in [0.2, 0.25) is 0 Å². The van der Waals surface area contributed by atoms with Gasteiger partial charge in [-0.3, -0.25) is 5.32 Å². The first kappa shape index (κ1) is 12.8. The van der Waals surface area contributed by atoms with E-state index in [1.165, 1.54) is 6.33 Å². The highest BCUT2D eigenvalue weighted by Crippen LogP contribution is 2.26. The third kappa shape index (κ3) is 3.66. The Labute approximate surface area is 107 Å². The number of aromatic nitrogens is 2. The zero-order chi connectivity index (χ0) is 12.8. The van der Waals surface area contributed by atoms with Crippen LogP contribution in [-0.2, 0) is 0 Å². The van der Waals surface area contributed by atoms with Gasteiger partial charge >= 0.3 is 6.03 Å². The van der Waals surface area contributed by atoms with Crippen LogP contribution in [0.2, 0.25) is 0 Å². The second kappa shape index (κ2) is 5.77. The summed E-state index contributed by atoms with van der Waals surface area (Å²) in [6.07, 6.45) is 5.17. The predicted octanol–water partition coefficient (Wildman–Crippen LogP) is 0.988. The first-order valence-electron chi connectivity index (χ1n) is 6.20. The van der Waals surface area contributed by atoms with Crippen LogP contribution in [0.15, 0.2) is 18.6 Å². The van der Waals surface area contributed by atoms with Crippen molar-refractivity contribution >= 4 is 11.8 Å². The van der Waals surface area contributed by atoms with Gasteiger partial charge in [0.1, 0.15) is 12.1 Å². The lowest BCUT2D eigenvalue weighted by Gasteiger charge is -2.34. The first-order valence-corrected chi connectivity index (χ1v) is 6.20. The van der Waals surface area contributed by atoms with Gasteiger partial charge in [-0.05, 0) is 37.4 Å². The highest BCUT2D eigenvalue weighted by molar-refractivity contribution is 5.88. The number of rotatable bonds is 3. The van der Waals surface area contributed by atoms with Crippen LogP contribution in [0.25, 0.3) is 0 Å². The van der Waals surface area contributed by atoms with E-state index >= 15 is 0 Å². The van der Waals surface area contributed by atoms with Gasteiger partial charge in [0.15, 0.2) is 0 Å². The van der Waals surface area contributed by atoms with E-state index < -0.39 is 0 Å². The van der Waals surface area contributed by atoms with Gasteiger partial charge in [-0.15, -0.1) is 0 Å². The van der Waals surface area contributed by atoms with Crippen molar-refractivity contribution < 1.29 is 4.79 Å². The molecular formula is C12H19N5O. The van der Waals surface area contributed by atoms with Crippen molar-refractivity contribution in [2.24, 2.45) is 5.41 Å². The lowest BCUT2D eigenvalue weighted by Crippen LogP contribution is -2.44. The van der Waals surface area contributed by atoms with E-state index in [0.717, 1.165) is 25.9 Å². The van der Waals surface area contributed by atoms with E-state index in [-0.39, 0.29) is 11.4 Å². The smallest absolute Gasteiger partial charge is 0.320 e. The van der Waals surface area contributed by atoms with Crippen molar-refractivity contribution in [2.75, 3.05) is 25.0 Å². The highest BCUT2D eigenvalue weighted by Gasteiger charge is 2.26. The van der Waals surface area contributed by atoms with Gasteiger partial charge in [-0.2, -0.15) is 0 Å². The van der Waals surface area contributed by atoms with E-state index in [1.807, 2.05) is 0 Å². The van der Waals surface area contributed by atoms with E-state index in [9.17, 15) is 4.79 Å².